The average Bonchev–Trinajstić information content (AvgIpc) is 2.34. The maximum atomic E-state index is 9.62. The van der Waals surface area contributed by atoms with Crippen LogP contribution in [0.5, 0.6) is 0 Å². The first-order valence-corrected chi connectivity index (χ1v) is 6.00. The van der Waals surface area contributed by atoms with Gasteiger partial charge >= 0.3 is 0 Å². The van der Waals surface area contributed by atoms with Crippen molar-refractivity contribution in [3.05, 3.63) is 30.1 Å². The Labute approximate surface area is 96.9 Å². The van der Waals surface area contributed by atoms with E-state index in [9.17, 15) is 5.11 Å². The lowest BCUT2D eigenvalue weighted by Crippen LogP contribution is -2.41. The van der Waals surface area contributed by atoms with E-state index in [-0.39, 0.29) is 11.5 Å². The molecule has 0 bridgehead atoms. The fraction of sp³-hybridized carbons (Fsp3) is 0.615. The zero-order chi connectivity index (χ0) is 11.4. The second-order valence-corrected chi connectivity index (χ2v) is 4.78. The van der Waals surface area contributed by atoms with Crippen LogP contribution in [-0.2, 0) is 5.41 Å². The van der Waals surface area contributed by atoms with E-state index in [2.05, 4.69) is 22.4 Å². The molecule has 1 aliphatic carbocycles. The fourth-order valence-electron chi connectivity index (χ4n) is 2.77. The first-order chi connectivity index (χ1) is 7.77. The number of pyridine rings is 1. The van der Waals surface area contributed by atoms with E-state index in [1.54, 1.807) is 0 Å². The molecule has 88 valence electrons. The number of aromatic nitrogens is 1. The number of rotatable bonds is 3. The molecule has 1 saturated carbocycles. The molecule has 3 nitrogen and oxygen atoms in total. The van der Waals surface area contributed by atoms with Crippen LogP contribution >= 0.6 is 0 Å². The summed E-state index contributed by atoms with van der Waals surface area (Å²) >= 11 is 0. The van der Waals surface area contributed by atoms with Crippen molar-refractivity contribution in [2.75, 3.05) is 13.6 Å². The van der Waals surface area contributed by atoms with E-state index in [0.717, 1.165) is 32.2 Å². The third-order valence-electron chi connectivity index (χ3n) is 3.72. The second kappa shape index (κ2) is 4.93. The van der Waals surface area contributed by atoms with Gasteiger partial charge in [-0.2, -0.15) is 0 Å². The van der Waals surface area contributed by atoms with Crippen LogP contribution in [-0.4, -0.2) is 29.8 Å². The summed E-state index contributed by atoms with van der Waals surface area (Å²) in [5.41, 5.74) is 1.54. The van der Waals surface area contributed by atoms with Crippen molar-refractivity contribution in [3.63, 3.8) is 0 Å². The van der Waals surface area contributed by atoms with Crippen LogP contribution in [0.25, 0.3) is 0 Å². The van der Waals surface area contributed by atoms with Gasteiger partial charge in [0.15, 0.2) is 0 Å². The Hall–Kier alpha value is -0.930. The summed E-state index contributed by atoms with van der Waals surface area (Å²) in [7, 11) is 1.99. The topological polar surface area (TPSA) is 45.2 Å². The molecule has 1 fully saturated rings. The predicted octanol–water partition coefficient (Wildman–Crippen LogP) is 1.47. The highest BCUT2D eigenvalue weighted by atomic mass is 16.3. The molecule has 1 aromatic heterocycles. The summed E-state index contributed by atoms with van der Waals surface area (Å²) in [6.07, 6.45) is 7.54. The standard InChI is InChI=1S/C13H20N2O/c1-14-10-13(6-2-12(16)3-7-13)11-4-8-15-9-5-11/h4-5,8-9,12,14,16H,2-3,6-7,10H2,1H3. The fourth-order valence-corrected chi connectivity index (χ4v) is 2.77. The molecule has 0 saturated heterocycles. The van der Waals surface area contributed by atoms with Gasteiger partial charge in [-0.3, -0.25) is 4.98 Å². The lowest BCUT2D eigenvalue weighted by molar-refractivity contribution is 0.0952. The lowest BCUT2D eigenvalue weighted by atomic mass is 9.69. The van der Waals surface area contributed by atoms with Gasteiger partial charge in [0.2, 0.25) is 0 Å². The van der Waals surface area contributed by atoms with Gasteiger partial charge in [0.05, 0.1) is 6.10 Å². The molecule has 2 rings (SSSR count). The van der Waals surface area contributed by atoms with Crippen molar-refractivity contribution in [2.24, 2.45) is 0 Å². The molecule has 1 heterocycles. The van der Waals surface area contributed by atoms with E-state index in [1.165, 1.54) is 5.56 Å². The summed E-state index contributed by atoms with van der Waals surface area (Å²) in [5, 5.41) is 12.9. The molecular formula is C13H20N2O. The number of aliphatic hydroxyl groups excluding tert-OH is 1. The van der Waals surface area contributed by atoms with E-state index < -0.39 is 0 Å². The minimum absolute atomic E-state index is 0.105. The van der Waals surface area contributed by atoms with Crippen molar-refractivity contribution in [2.45, 2.75) is 37.2 Å². The van der Waals surface area contributed by atoms with Gasteiger partial charge in [-0.05, 0) is 50.4 Å². The number of nitrogens with zero attached hydrogens (tertiary/aromatic N) is 1. The third-order valence-corrected chi connectivity index (χ3v) is 3.72. The molecule has 1 aliphatic rings. The summed E-state index contributed by atoms with van der Waals surface area (Å²) in [5.74, 6) is 0. The predicted molar refractivity (Wildman–Crippen MR) is 64.3 cm³/mol. The molecule has 0 spiro atoms. The Morgan fingerprint density at radius 2 is 2.00 bits per heavy atom. The maximum absolute atomic E-state index is 9.62. The van der Waals surface area contributed by atoms with Crippen molar-refractivity contribution in [1.82, 2.24) is 10.3 Å². The highest BCUT2D eigenvalue weighted by Crippen LogP contribution is 2.38. The smallest absolute Gasteiger partial charge is 0.0541 e. The van der Waals surface area contributed by atoms with Gasteiger partial charge in [0.1, 0.15) is 0 Å². The highest BCUT2D eigenvalue weighted by molar-refractivity contribution is 5.24. The summed E-state index contributed by atoms with van der Waals surface area (Å²) < 4.78 is 0. The number of hydrogen-bond donors (Lipinski definition) is 2. The Morgan fingerprint density at radius 3 is 2.56 bits per heavy atom. The molecule has 0 radical (unpaired) electrons. The van der Waals surface area contributed by atoms with E-state index >= 15 is 0 Å². The van der Waals surface area contributed by atoms with Gasteiger partial charge in [0.25, 0.3) is 0 Å². The van der Waals surface area contributed by atoms with Crippen LogP contribution in [0.15, 0.2) is 24.5 Å². The minimum atomic E-state index is -0.105. The minimum Gasteiger partial charge on any atom is -0.393 e. The monoisotopic (exact) mass is 220 g/mol. The van der Waals surface area contributed by atoms with Gasteiger partial charge < -0.3 is 10.4 Å². The van der Waals surface area contributed by atoms with Crippen molar-refractivity contribution in [3.8, 4) is 0 Å². The first kappa shape index (κ1) is 11.6. The van der Waals surface area contributed by atoms with Crippen LogP contribution in [0, 0.1) is 0 Å². The van der Waals surface area contributed by atoms with Crippen LogP contribution in [0.2, 0.25) is 0 Å². The second-order valence-electron chi connectivity index (χ2n) is 4.78. The molecule has 3 heteroatoms. The first-order valence-electron chi connectivity index (χ1n) is 6.00. The molecule has 1 aromatic rings. The molecule has 0 atom stereocenters. The number of likely N-dealkylation sites (N-methyl/N-ethyl adjacent to an activating group) is 1. The molecular weight excluding hydrogens is 200 g/mol. The van der Waals surface area contributed by atoms with E-state index in [4.69, 9.17) is 0 Å². The van der Waals surface area contributed by atoms with Crippen molar-refractivity contribution < 1.29 is 5.11 Å². The van der Waals surface area contributed by atoms with Crippen molar-refractivity contribution >= 4 is 0 Å². The molecule has 0 aromatic carbocycles. The Morgan fingerprint density at radius 1 is 1.38 bits per heavy atom. The van der Waals surface area contributed by atoms with Gasteiger partial charge in [0, 0.05) is 24.4 Å². The van der Waals surface area contributed by atoms with Crippen LogP contribution in [0.3, 0.4) is 0 Å². The maximum Gasteiger partial charge on any atom is 0.0541 e. The van der Waals surface area contributed by atoms with Gasteiger partial charge in [-0.25, -0.2) is 0 Å². The molecule has 0 aliphatic heterocycles. The van der Waals surface area contributed by atoms with Gasteiger partial charge in [-0.15, -0.1) is 0 Å². The average molecular weight is 220 g/mol. The largest absolute Gasteiger partial charge is 0.393 e. The highest BCUT2D eigenvalue weighted by Gasteiger charge is 2.35. The van der Waals surface area contributed by atoms with E-state index in [1.807, 2.05) is 19.4 Å². The van der Waals surface area contributed by atoms with Crippen LogP contribution < -0.4 is 5.32 Å². The van der Waals surface area contributed by atoms with Crippen molar-refractivity contribution in [1.29, 1.82) is 0 Å². The summed E-state index contributed by atoms with van der Waals surface area (Å²) in [6, 6.07) is 4.21. The van der Waals surface area contributed by atoms with Gasteiger partial charge in [-0.1, -0.05) is 0 Å². The molecule has 16 heavy (non-hydrogen) atoms. The van der Waals surface area contributed by atoms with Crippen LogP contribution in [0.1, 0.15) is 31.2 Å². The number of nitrogens with one attached hydrogen (secondary N) is 1. The molecule has 2 N–H and O–H groups in total. The quantitative estimate of drug-likeness (QED) is 0.811. The Kier molecular flexibility index (Phi) is 3.56. The lowest BCUT2D eigenvalue weighted by Gasteiger charge is -2.39. The summed E-state index contributed by atoms with van der Waals surface area (Å²) in [4.78, 5) is 4.08. The number of aliphatic hydroxyl groups is 1. The zero-order valence-corrected chi connectivity index (χ0v) is 9.82. The normalized spacial score (nSPS) is 30.2. The number of hydrogen-bond acceptors (Lipinski definition) is 3. The van der Waals surface area contributed by atoms with Crippen LogP contribution in [0.4, 0.5) is 0 Å². The SMILES string of the molecule is CNCC1(c2ccncc2)CCC(O)CC1. The summed E-state index contributed by atoms with van der Waals surface area (Å²) in [6.45, 7) is 0.976. The third kappa shape index (κ3) is 2.25. The Bertz CT molecular complexity index is 318. The molecule has 0 unspecified atom stereocenters. The molecule has 0 amide bonds. The zero-order valence-electron chi connectivity index (χ0n) is 9.82. The Balaban J connectivity index is 2.22. The van der Waals surface area contributed by atoms with E-state index in [0.29, 0.717) is 0 Å².